The molecule has 1 aromatic carbocycles. The van der Waals surface area contributed by atoms with Crippen LogP contribution in [0.3, 0.4) is 0 Å². The van der Waals surface area contributed by atoms with Crippen LogP contribution in [0.2, 0.25) is 0 Å². The minimum atomic E-state index is -4.69. The lowest BCUT2D eigenvalue weighted by molar-refractivity contribution is -0.137. The summed E-state index contributed by atoms with van der Waals surface area (Å²) in [6.45, 7) is 1.47. The highest BCUT2D eigenvalue weighted by Gasteiger charge is 2.58. The molecule has 2 saturated heterocycles. The van der Waals surface area contributed by atoms with E-state index in [4.69, 9.17) is 15.2 Å². The molecule has 2 unspecified atom stereocenters. The van der Waals surface area contributed by atoms with Gasteiger partial charge in [-0.2, -0.15) is 13.2 Å². The molecule has 3 aliphatic rings. The van der Waals surface area contributed by atoms with Crippen LogP contribution in [0.5, 0.6) is 0 Å². The second-order valence-electron chi connectivity index (χ2n) is 10.0. The Morgan fingerprint density at radius 3 is 2.77 bits per heavy atom. The summed E-state index contributed by atoms with van der Waals surface area (Å²) in [4.78, 5) is 26.8. The molecule has 2 aliphatic heterocycles. The number of halogens is 4. The van der Waals surface area contributed by atoms with Crippen LogP contribution in [-0.4, -0.2) is 56.4 Å². The van der Waals surface area contributed by atoms with Gasteiger partial charge in [-0.3, -0.25) is 4.79 Å². The van der Waals surface area contributed by atoms with Crippen molar-refractivity contribution in [3.63, 3.8) is 0 Å². The number of ether oxygens (including phenoxy) is 2. The highest BCUT2D eigenvalue weighted by Crippen LogP contribution is 2.53. The van der Waals surface area contributed by atoms with Gasteiger partial charge in [0.15, 0.2) is 0 Å². The maximum absolute atomic E-state index is 13.8. The molecule has 2 heterocycles. The number of primary amides is 1. The average molecular weight is 502 g/mol. The number of fused-ring (bicyclic) bond motifs is 1. The van der Waals surface area contributed by atoms with Crippen LogP contribution in [0.25, 0.3) is 0 Å². The number of likely N-dealkylation sites (tertiary alicyclic amines) is 1. The normalized spacial score (nSPS) is 30.8. The van der Waals surface area contributed by atoms with E-state index < -0.39 is 29.0 Å². The molecule has 194 valence electrons. The van der Waals surface area contributed by atoms with Crippen LogP contribution in [0.4, 0.5) is 22.4 Å². The Balaban J connectivity index is 1.48. The fraction of sp³-hybridized carbons (Fsp3) is 0.667. The van der Waals surface area contributed by atoms with E-state index in [1.54, 1.807) is 7.11 Å². The quantitative estimate of drug-likeness (QED) is 0.585. The number of alkyl halides is 3. The number of urea groups is 1. The minimum Gasteiger partial charge on any atom is -0.379 e. The lowest BCUT2D eigenvalue weighted by Gasteiger charge is -2.33. The maximum Gasteiger partial charge on any atom is 0.416 e. The standard InChI is InChI=1S/C24H31F4N3O4/c1-34-20-12-35-3-2-16(20)4-14-5-18-11-31(22(29)33)13-23(18,9-14)21(32)30-10-15-6-17(24(26,27)28)8-19(25)7-15/h6-8,14,16,18,20H,2-5,9-13H2,1H3,(H2,29,33)(H,30,32)/t14-,16?,18+,20?,23+/m1/s1. The van der Waals surface area contributed by atoms with E-state index in [-0.39, 0.29) is 42.5 Å². The van der Waals surface area contributed by atoms with Crippen molar-refractivity contribution in [3.05, 3.63) is 35.1 Å². The lowest BCUT2D eigenvalue weighted by atomic mass is 9.78. The first-order valence-corrected chi connectivity index (χ1v) is 11.8. The van der Waals surface area contributed by atoms with E-state index in [9.17, 15) is 27.2 Å². The molecule has 0 aromatic heterocycles. The third-order valence-electron chi connectivity index (χ3n) is 7.85. The third kappa shape index (κ3) is 5.40. The average Bonchev–Trinajstić information content (AvgIpc) is 3.32. The van der Waals surface area contributed by atoms with Crippen molar-refractivity contribution in [3.8, 4) is 0 Å². The SMILES string of the molecule is COC1COCCC1C[C@@H]1C[C@H]2CN(C(N)=O)C[C@@]2(C(=O)NCc2cc(F)cc(C(F)(F)F)c2)C1. The zero-order chi connectivity index (χ0) is 25.4. The zero-order valence-electron chi connectivity index (χ0n) is 19.6. The van der Waals surface area contributed by atoms with Crippen LogP contribution in [0.15, 0.2) is 18.2 Å². The van der Waals surface area contributed by atoms with Gasteiger partial charge in [0.2, 0.25) is 5.91 Å². The van der Waals surface area contributed by atoms with E-state index in [0.29, 0.717) is 38.2 Å². The summed E-state index contributed by atoms with van der Waals surface area (Å²) in [5.74, 6) is -0.947. The molecule has 1 aromatic rings. The van der Waals surface area contributed by atoms with Crippen molar-refractivity contribution < 1.29 is 36.6 Å². The fourth-order valence-electron chi connectivity index (χ4n) is 6.19. The van der Waals surface area contributed by atoms with Crippen molar-refractivity contribution in [2.45, 2.75) is 44.5 Å². The van der Waals surface area contributed by atoms with Gasteiger partial charge < -0.3 is 25.4 Å². The number of nitrogens with one attached hydrogen (secondary N) is 1. The summed E-state index contributed by atoms with van der Waals surface area (Å²) < 4.78 is 64.0. The monoisotopic (exact) mass is 501 g/mol. The van der Waals surface area contributed by atoms with E-state index in [2.05, 4.69) is 5.32 Å². The van der Waals surface area contributed by atoms with Crippen LogP contribution >= 0.6 is 0 Å². The first-order valence-electron chi connectivity index (χ1n) is 11.8. The number of methoxy groups -OCH3 is 1. The first kappa shape index (κ1) is 25.7. The molecule has 3 fully saturated rings. The van der Waals surface area contributed by atoms with E-state index in [0.717, 1.165) is 31.4 Å². The Hall–Kier alpha value is -2.40. The Kier molecular flexibility index (Phi) is 7.28. The van der Waals surface area contributed by atoms with Gasteiger partial charge in [-0.15, -0.1) is 0 Å². The van der Waals surface area contributed by atoms with Crippen molar-refractivity contribution in [2.24, 2.45) is 28.9 Å². The maximum atomic E-state index is 13.8. The van der Waals surface area contributed by atoms with Gasteiger partial charge in [0.1, 0.15) is 5.82 Å². The van der Waals surface area contributed by atoms with Crippen LogP contribution in [-0.2, 0) is 27.0 Å². The predicted octanol–water partition coefficient (Wildman–Crippen LogP) is 3.31. The van der Waals surface area contributed by atoms with Crippen LogP contribution in [0, 0.1) is 29.0 Å². The van der Waals surface area contributed by atoms with Crippen LogP contribution in [0.1, 0.15) is 36.8 Å². The van der Waals surface area contributed by atoms with Gasteiger partial charge in [0.25, 0.3) is 0 Å². The molecule has 0 radical (unpaired) electrons. The van der Waals surface area contributed by atoms with Gasteiger partial charge in [-0.25, -0.2) is 9.18 Å². The minimum absolute atomic E-state index is 0.00751. The smallest absolute Gasteiger partial charge is 0.379 e. The largest absolute Gasteiger partial charge is 0.416 e. The summed E-state index contributed by atoms with van der Waals surface area (Å²) in [6.07, 6.45) is -1.69. The van der Waals surface area contributed by atoms with Gasteiger partial charge >= 0.3 is 12.2 Å². The molecule has 5 atom stereocenters. The van der Waals surface area contributed by atoms with Gasteiger partial charge in [0, 0.05) is 33.4 Å². The number of hydrogen-bond acceptors (Lipinski definition) is 4. The van der Waals surface area contributed by atoms with Crippen molar-refractivity contribution in [1.82, 2.24) is 10.2 Å². The number of nitrogens with two attached hydrogens (primary N) is 1. The highest BCUT2D eigenvalue weighted by molar-refractivity contribution is 5.85. The Morgan fingerprint density at radius 2 is 2.09 bits per heavy atom. The second-order valence-corrected chi connectivity index (χ2v) is 10.0. The predicted molar refractivity (Wildman–Crippen MR) is 117 cm³/mol. The molecule has 0 bridgehead atoms. The topological polar surface area (TPSA) is 93.9 Å². The fourth-order valence-corrected chi connectivity index (χ4v) is 6.19. The molecule has 11 heteroatoms. The lowest BCUT2D eigenvalue weighted by Crippen LogP contribution is -2.45. The molecule has 4 rings (SSSR count). The van der Waals surface area contributed by atoms with Crippen molar-refractivity contribution in [1.29, 1.82) is 0 Å². The number of nitrogens with zero attached hydrogens (tertiary/aromatic N) is 1. The highest BCUT2D eigenvalue weighted by atomic mass is 19.4. The Morgan fingerprint density at radius 1 is 1.31 bits per heavy atom. The van der Waals surface area contributed by atoms with Crippen molar-refractivity contribution >= 4 is 11.9 Å². The zero-order valence-corrected chi connectivity index (χ0v) is 19.6. The molecule has 35 heavy (non-hydrogen) atoms. The summed E-state index contributed by atoms with van der Waals surface area (Å²) in [5.41, 5.74) is 3.52. The summed E-state index contributed by atoms with van der Waals surface area (Å²) in [7, 11) is 1.66. The van der Waals surface area contributed by atoms with Crippen LogP contribution < -0.4 is 11.1 Å². The van der Waals surface area contributed by atoms with E-state index in [1.807, 2.05) is 0 Å². The molecule has 7 nitrogen and oxygen atoms in total. The Labute approximate surface area is 201 Å². The number of hydrogen-bond donors (Lipinski definition) is 2. The number of benzene rings is 1. The second kappa shape index (κ2) is 9.93. The molecule has 3 N–H and O–H groups in total. The summed E-state index contributed by atoms with van der Waals surface area (Å²) in [6, 6.07) is 1.62. The van der Waals surface area contributed by atoms with Gasteiger partial charge in [-0.05, 0) is 67.2 Å². The molecule has 1 aliphatic carbocycles. The number of carbonyl (C=O) groups excluding carboxylic acids is 2. The Bertz CT molecular complexity index is 959. The van der Waals surface area contributed by atoms with E-state index in [1.165, 1.54) is 4.90 Å². The molecule has 1 saturated carbocycles. The first-order chi connectivity index (χ1) is 16.5. The summed E-state index contributed by atoms with van der Waals surface area (Å²) >= 11 is 0. The third-order valence-corrected chi connectivity index (χ3v) is 7.85. The summed E-state index contributed by atoms with van der Waals surface area (Å²) in [5, 5.41) is 2.72. The number of carbonyl (C=O) groups is 2. The molecule has 0 spiro atoms. The van der Waals surface area contributed by atoms with E-state index >= 15 is 0 Å². The van der Waals surface area contributed by atoms with Gasteiger partial charge in [-0.1, -0.05) is 0 Å². The molecule has 3 amide bonds. The number of rotatable bonds is 6. The van der Waals surface area contributed by atoms with Crippen molar-refractivity contribution in [2.75, 3.05) is 33.4 Å². The van der Waals surface area contributed by atoms with Gasteiger partial charge in [0.05, 0.1) is 23.7 Å². The number of amides is 3. The molecular formula is C24H31F4N3O4. The molecular weight excluding hydrogens is 470 g/mol.